The van der Waals surface area contributed by atoms with Crippen molar-refractivity contribution in [1.82, 2.24) is 0 Å². The molecule has 0 N–H and O–H groups in total. The summed E-state index contributed by atoms with van der Waals surface area (Å²) >= 11 is 7.65. The second kappa shape index (κ2) is 6.58. The van der Waals surface area contributed by atoms with Crippen LogP contribution in [-0.2, 0) is 14.6 Å². The van der Waals surface area contributed by atoms with Crippen LogP contribution in [0.5, 0.6) is 0 Å². The predicted octanol–water partition coefficient (Wildman–Crippen LogP) is 2.99. The van der Waals surface area contributed by atoms with Gasteiger partial charge in [-0.15, -0.1) is 11.8 Å². The normalized spacial score (nSPS) is 16.4. The van der Waals surface area contributed by atoms with E-state index < -0.39 is 15.1 Å². The van der Waals surface area contributed by atoms with Crippen molar-refractivity contribution in [3.63, 3.8) is 0 Å². The Bertz CT molecular complexity index is 646. The van der Waals surface area contributed by atoms with Crippen molar-refractivity contribution in [2.24, 2.45) is 0 Å². The number of carbonyl (C=O) groups is 1. The highest BCUT2D eigenvalue weighted by Gasteiger charge is 2.33. The van der Waals surface area contributed by atoms with Crippen molar-refractivity contribution in [1.29, 1.82) is 0 Å². The summed E-state index contributed by atoms with van der Waals surface area (Å²) in [4.78, 5) is 15.1. The van der Waals surface area contributed by atoms with E-state index in [9.17, 15) is 13.2 Å². The summed E-state index contributed by atoms with van der Waals surface area (Å²) in [6.07, 6.45) is 0.512. The zero-order valence-electron chi connectivity index (χ0n) is 12.0. The van der Waals surface area contributed by atoms with Gasteiger partial charge in [-0.1, -0.05) is 18.5 Å². The Hall–Kier alpha value is -0.720. The van der Waals surface area contributed by atoms with Gasteiger partial charge in [-0.3, -0.25) is 4.79 Å². The fourth-order valence-corrected chi connectivity index (χ4v) is 4.75. The van der Waals surface area contributed by atoms with E-state index in [-0.39, 0.29) is 11.7 Å². The lowest BCUT2D eigenvalue weighted by Crippen LogP contribution is -2.44. The number of rotatable bonds is 4. The van der Waals surface area contributed by atoms with Crippen molar-refractivity contribution in [2.75, 3.05) is 23.0 Å². The van der Waals surface area contributed by atoms with Crippen LogP contribution in [0.2, 0.25) is 5.02 Å². The van der Waals surface area contributed by atoms with Gasteiger partial charge in [0.1, 0.15) is 5.25 Å². The zero-order chi connectivity index (χ0) is 15.6. The van der Waals surface area contributed by atoms with E-state index in [4.69, 9.17) is 11.6 Å². The molecule has 0 aromatic heterocycles. The van der Waals surface area contributed by atoms with E-state index in [1.54, 1.807) is 35.7 Å². The van der Waals surface area contributed by atoms with Crippen LogP contribution >= 0.6 is 23.4 Å². The van der Waals surface area contributed by atoms with Crippen molar-refractivity contribution in [3.8, 4) is 0 Å². The molecule has 0 radical (unpaired) electrons. The number of thioether (sulfide) groups is 1. The van der Waals surface area contributed by atoms with Gasteiger partial charge in [0, 0.05) is 22.2 Å². The molecule has 1 amide bonds. The molecule has 2 rings (SSSR count). The average molecular weight is 348 g/mol. The van der Waals surface area contributed by atoms with Crippen molar-refractivity contribution < 1.29 is 13.2 Å². The molecule has 1 aromatic carbocycles. The quantitative estimate of drug-likeness (QED) is 0.840. The molecule has 0 unspecified atom stereocenters. The van der Waals surface area contributed by atoms with Crippen LogP contribution in [-0.4, -0.2) is 37.6 Å². The van der Waals surface area contributed by atoms with Crippen LogP contribution in [0.15, 0.2) is 23.1 Å². The molecule has 1 atom stereocenters. The van der Waals surface area contributed by atoms with Gasteiger partial charge in [-0.2, -0.15) is 0 Å². The predicted molar refractivity (Wildman–Crippen MR) is 88.1 cm³/mol. The standard InChI is InChI=1S/C14H18ClNO3S2/c1-3-8-21(18,19)10(2)14(17)16-6-7-20-13-5-4-11(15)9-12(13)16/h4-5,9-10H,3,6-8H2,1-2H3/t10-/m0/s1. The Morgan fingerprint density at radius 1 is 1.48 bits per heavy atom. The van der Waals surface area contributed by atoms with Crippen LogP contribution in [0.4, 0.5) is 5.69 Å². The van der Waals surface area contributed by atoms with Crippen molar-refractivity contribution in [3.05, 3.63) is 23.2 Å². The third kappa shape index (κ3) is 3.55. The molecule has 7 heteroatoms. The van der Waals surface area contributed by atoms with Crippen molar-refractivity contribution >= 4 is 44.8 Å². The largest absolute Gasteiger partial charge is 0.309 e. The van der Waals surface area contributed by atoms with Gasteiger partial charge in [-0.25, -0.2) is 8.42 Å². The Morgan fingerprint density at radius 3 is 2.86 bits per heavy atom. The number of halogens is 1. The molecule has 1 heterocycles. The van der Waals surface area contributed by atoms with E-state index in [1.165, 1.54) is 6.92 Å². The Kier molecular flexibility index (Phi) is 5.22. The summed E-state index contributed by atoms with van der Waals surface area (Å²) in [6.45, 7) is 3.77. The van der Waals surface area contributed by atoms with Crippen molar-refractivity contribution in [2.45, 2.75) is 30.4 Å². The Labute approximate surface area is 134 Å². The van der Waals surface area contributed by atoms with Gasteiger partial charge in [-0.05, 0) is 31.5 Å². The number of nitrogens with zero attached hydrogens (tertiary/aromatic N) is 1. The van der Waals surface area contributed by atoms with E-state index in [1.807, 2.05) is 6.07 Å². The number of sulfone groups is 1. The van der Waals surface area contributed by atoms with Crippen LogP contribution in [0.3, 0.4) is 0 Å². The molecular weight excluding hydrogens is 330 g/mol. The first kappa shape index (κ1) is 16.6. The molecule has 1 aliphatic heterocycles. The molecule has 0 spiro atoms. The van der Waals surface area contributed by atoms with Crippen LogP contribution < -0.4 is 4.90 Å². The number of amides is 1. The number of carbonyl (C=O) groups excluding carboxylic acids is 1. The smallest absolute Gasteiger partial charge is 0.245 e. The van der Waals surface area contributed by atoms with Crippen LogP contribution in [0.25, 0.3) is 0 Å². The lowest BCUT2D eigenvalue weighted by Gasteiger charge is -2.31. The van der Waals surface area contributed by atoms with E-state index in [2.05, 4.69) is 0 Å². The lowest BCUT2D eigenvalue weighted by molar-refractivity contribution is -0.117. The number of benzene rings is 1. The van der Waals surface area contributed by atoms with E-state index >= 15 is 0 Å². The van der Waals surface area contributed by atoms with Gasteiger partial charge in [0.05, 0.1) is 11.4 Å². The molecule has 0 aliphatic carbocycles. The monoisotopic (exact) mass is 347 g/mol. The minimum atomic E-state index is -3.40. The van der Waals surface area contributed by atoms with Crippen LogP contribution in [0, 0.1) is 0 Å². The number of fused-ring (bicyclic) bond motifs is 1. The molecule has 0 saturated heterocycles. The van der Waals surface area contributed by atoms with Gasteiger partial charge in [0.25, 0.3) is 0 Å². The summed E-state index contributed by atoms with van der Waals surface area (Å²) in [5, 5.41) is -0.481. The highest BCUT2D eigenvalue weighted by molar-refractivity contribution is 7.99. The topological polar surface area (TPSA) is 54.5 Å². The van der Waals surface area contributed by atoms with Gasteiger partial charge >= 0.3 is 0 Å². The molecule has 21 heavy (non-hydrogen) atoms. The molecule has 0 saturated carbocycles. The molecule has 4 nitrogen and oxygen atoms in total. The Morgan fingerprint density at radius 2 is 2.19 bits per heavy atom. The summed E-state index contributed by atoms with van der Waals surface area (Å²) < 4.78 is 24.2. The first-order chi connectivity index (χ1) is 9.86. The minimum absolute atomic E-state index is 0.0326. The third-order valence-electron chi connectivity index (χ3n) is 3.43. The summed E-state index contributed by atoms with van der Waals surface area (Å²) in [7, 11) is -3.40. The van der Waals surface area contributed by atoms with E-state index in [0.29, 0.717) is 23.7 Å². The average Bonchev–Trinajstić information content (AvgIpc) is 2.45. The number of anilines is 1. The second-order valence-electron chi connectivity index (χ2n) is 4.96. The summed E-state index contributed by atoms with van der Waals surface area (Å²) in [5.41, 5.74) is 0.710. The van der Waals surface area contributed by atoms with Crippen LogP contribution in [0.1, 0.15) is 20.3 Å². The maximum atomic E-state index is 12.6. The molecule has 0 fully saturated rings. The van der Waals surface area contributed by atoms with E-state index in [0.717, 1.165) is 10.6 Å². The number of hydrogen-bond donors (Lipinski definition) is 0. The van der Waals surface area contributed by atoms with Gasteiger partial charge in [0.2, 0.25) is 5.91 Å². The molecule has 0 bridgehead atoms. The second-order valence-corrected chi connectivity index (χ2v) is 8.97. The highest BCUT2D eigenvalue weighted by atomic mass is 35.5. The fraction of sp³-hybridized carbons (Fsp3) is 0.500. The molecule has 1 aliphatic rings. The molecule has 116 valence electrons. The minimum Gasteiger partial charge on any atom is -0.309 e. The first-order valence-corrected chi connectivity index (χ1v) is 9.90. The zero-order valence-corrected chi connectivity index (χ0v) is 14.4. The maximum absolute atomic E-state index is 12.6. The Balaban J connectivity index is 2.32. The van der Waals surface area contributed by atoms with Gasteiger partial charge < -0.3 is 4.90 Å². The highest BCUT2D eigenvalue weighted by Crippen LogP contribution is 2.37. The summed E-state index contributed by atoms with van der Waals surface area (Å²) in [6, 6.07) is 5.37. The summed E-state index contributed by atoms with van der Waals surface area (Å²) in [5.74, 6) is 0.415. The molecular formula is C14H18ClNO3S2. The third-order valence-corrected chi connectivity index (χ3v) is 6.96. The first-order valence-electron chi connectivity index (χ1n) is 6.82. The molecule has 1 aromatic rings. The maximum Gasteiger partial charge on any atom is 0.245 e. The fourth-order valence-electron chi connectivity index (χ4n) is 2.25. The number of hydrogen-bond acceptors (Lipinski definition) is 4. The SMILES string of the molecule is CCCS(=O)(=O)[C@@H](C)C(=O)N1CCSc2ccc(Cl)cc21. The lowest BCUT2D eigenvalue weighted by atomic mass is 10.2. The van der Waals surface area contributed by atoms with Gasteiger partial charge in [0.15, 0.2) is 9.84 Å².